The van der Waals surface area contributed by atoms with Gasteiger partial charge in [-0.15, -0.1) is 0 Å². The molecule has 3 rings (SSSR count). The molecule has 7 heteroatoms. The summed E-state index contributed by atoms with van der Waals surface area (Å²) in [4.78, 5) is 28.7. The Morgan fingerprint density at radius 2 is 1.79 bits per heavy atom. The van der Waals surface area contributed by atoms with Gasteiger partial charge in [0, 0.05) is 38.3 Å². The molecule has 0 radical (unpaired) electrons. The number of amides is 2. The Balaban J connectivity index is 1.55. The predicted molar refractivity (Wildman–Crippen MR) is 91.7 cm³/mol. The Labute approximate surface area is 141 Å². The van der Waals surface area contributed by atoms with E-state index in [2.05, 4.69) is 10.4 Å². The maximum absolute atomic E-state index is 12.6. The molecule has 2 fully saturated rings. The van der Waals surface area contributed by atoms with E-state index in [1.165, 1.54) is 6.21 Å². The molecule has 0 bridgehead atoms. The van der Waals surface area contributed by atoms with Gasteiger partial charge in [0.25, 0.3) is 5.91 Å². The van der Waals surface area contributed by atoms with Crippen LogP contribution in [0.25, 0.3) is 0 Å². The van der Waals surface area contributed by atoms with Crippen molar-refractivity contribution in [2.24, 2.45) is 16.9 Å². The molecule has 24 heavy (non-hydrogen) atoms. The first-order valence-corrected chi connectivity index (χ1v) is 8.31. The Kier molecular flexibility index (Phi) is 5.10. The molecule has 7 nitrogen and oxygen atoms in total. The highest BCUT2D eigenvalue weighted by Gasteiger charge is 2.30. The lowest BCUT2D eigenvalue weighted by atomic mass is 10.1. The van der Waals surface area contributed by atoms with Crippen LogP contribution in [0, 0.1) is 5.92 Å². The van der Waals surface area contributed by atoms with Gasteiger partial charge < -0.3 is 21.0 Å². The van der Waals surface area contributed by atoms with Crippen LogP contribution in [0.2, 0.25) is 0 Å². The van der Waals surface area contributed by atoms with Gasteiger partial charge >= 0.3 is 0 Å². The van der Waals surface area contributed by atoms with Gasteiger partial charge in [-0.3, -0.25) is 9.59 Å². The van der Waals surface area contributed by atoms with Gasteiger partial charge in [-0.25, -0.2) is 0 Å². The summed E-state index contributed by atoms with van der Waals surface area (Å²) in [6.45, 7) is 4.07. The molecule has 1 aromatic rings. The third-order valence-electron chi connectivity index (χ3n) is 4.67. The van der Waals surface area contributed by atoms with Crippen LogP contribution >= 0.6 is 0 Å². The van der Waals surface area contributed by atoms with E-state index in [-0.39, 0.29) is 17.7 Å². The lowest BCUT2D eigenvalue weighted by Gasteiger charge is -2.36. The van der Waals surface area contributed by atoms with Crippen LogP contribution in [0.15, 0.2) is 29.4 Å². The van der Waals surface area contributed by atoms with Gasteiger partial charge in [-0.2, -0.15) is 5.10 Å². The fourth-order valence-corrected chi connectivity index (χ4v) is 3.23. The zero-order valence-electron chi connectivity index (χ0n) is 13.6. The maximum Gasteiger partial charge on any atom is 0.253 e. The van der Waals surface area contributed by atoms with Crippen LogP contribution in [-0.4, -0.2) is 67.1 Å². The van der Waals surface area contributed by atoms with Gasteiger partial charge in [0.1, 0.15) is 0 Å². The lowest BCUT2D eigenvalue weighted by Crippen LogP contribution is -2.52. The molecule has 128 valence electrons. The monoisotopic (exact) mass is 329 g/mol. The number of carbonyl (C=O) groups excluding carboxylic acids is 2. The number of hydrogen-bond donors (Lipinski definition) is 2. The molecule has 2 aliphatic heterocycles. The SMILES string of the molecule is N/N=C/c1ccc(C(=O)N2CCN(C(=O)C3CCNC3)CC2)cc1. The summed E-state index contributed by atoms with van der Waals surface area (Å²) in [6, 6.07) is 7.19. The van der Waals surface area contributed by atoms with Crippen molar-refractivity contribution in [2.75, 3.05) is 39.3 Å². The van der Waals surface area contributed by atoms with E-state index in [9.17, 15) is 9.59 Å². The quantitative estimate of drug-likeness (QED) is 0.459. The maximum atomic E-state index is 12.6. The van der Waals surface area contributed by atoms with Gasteiger partial charge in [0.15, 0.2) is 0 Å². The number of hydrogen-bond acceptors (Lipinski definition) is 5. The Morgan fingerprint density at radius 1 is 1.12 bits per heavy atom. The summed E-state index contributed by atoms with van der Waals surface area (Å²) in [6.07, 6.45) is 2.45. The molecule has 1 unspecified atom stereocenters. The topological polar surface area (TPSA) is 91.0 Å². The van der Waals surface area contributed by atoms with E-state index in [0.29, 0.717) is 31.7 Å². The zero-order chi connectivity index (χ0) is 16.9. The van der Waals surface area contributed by atoms with Crippen molar-refractivity contribution in [3.63, 3.8) is 0 Å². The Morgan fingerprint density at radius 3 is 2.38 bits per heavy atom. The summed E-state index contributed by atoms with van der Waals surface area (Å²) in [7, 11) is 0. The van der Waals surface area contributed by atoms with Gasteiger partial charge in [-0.1, -0.05) is 12.1 Å². The van der Waals surface area contributed by atoms with Crippen molar-refractivity contribution in [1.82, 2.24) is 15.1 Å². The number of benzene rings is 1. The first-order chi connectivity index (χ1) is 11.7. The van der Waals surface area contributed by atoms with E-state index in [1.54, 1.807) is 12.1 Å². The molecule has 1 aromatic carbocycles. The number of nitrogens with one attached hydrogen (secondary N) is 1. The zero-order valence-corrected chi connectivity index (χ0v) is 13.6. The largest absolute Gasteiger partial charge is 0.339 e. The van der Waals surface area contributed by atoms with Crippen molar-refractivity contribution in [3.05, 3.63) is 35.4 Å². The number of carbonyl (C=O) groups is 2. The van der Waals surface area contributed by atoms with E-state index in [1.807, 2.05) is 21.9 Å². The average molecular weight is 329 g/mol. The fraction of sp³-hybridized carbons (Fsp3) is 0.471. The van der Waals surface area contributed by atoms with Crippen molar-refractivity contribution >= 4 is 18.0 Å². The summed E-state index contributed by atoms with van der Waals surface area (Å²) >= 11 is 0. The summed E-state index contributed by atoms with van der Waals surface area (Å²) in [5.41, 5.74) is 1.50. The molecule has 0 spiro atoms. The van der Waals surface area contributed by atoms with Crippen molar-refractivity contribution in [1.29, 1.82) is 0 Å². The molecule has 0 aliphatic carbocycles. The number of hydrazone groups is 1. The van der Waals surface area contributed by atoms with Crippen LogP contribution in [0.3, 0.4) is 0 Å². The lowest BCUT2D eigenvalue weighted by molar-refractivity contribution is -0.136. The predicted octanol–water partition coefficient (Wildman–Crippen LogP) is -0.127. The minimum Gasteiger partial charge on any atom is -0.339 e. The average Bonchev–Trinajstić information content (AvgIpc) is 3.16. The second-order valence-electron chi connectivity index (χ2n) is 6.21. The molecule has 2 saturated heterocycles. The van der Waals surface area contributed by atoms with Gasteiger partial charge in [0.05, 0.1) is 12.1 Å². The smallest absolute Gasteiger partial charge is 0.253 e. The van der Waals surface area contributed by atoms with Crippen molar-refractivity contribution in [2.45, 2.75) is 6.42 Å². The van der Waals surface area contributed by atoms with Crippen LogP contribution in [0.1, 0.15) is 22.3 Å². The normalized spacial score (nSPS) is 21.4. The summed E-state index contributed by atoms with van der Waals surface area (Å²) in [5.74, 6) is 5.44. The highest BCUT2D eigenvalue weighted by molar-refractivity contribution is 5.95. The van der Waals surface area contributed by atoms with E-state index in [0.717, 1.165) is 25.1 Å². The second-order valence-corrected chi connectivity index (χ2v) is 6.21. The third-order valence-corrected chi connectivity index (χ3v) is 4.67. The number of nitrogens with two attached hydrogens (primary N) is 1. The molecule has 2 amide bonds. The van der Waals surface area contributed by atoms with E-state index < -0.39 is 0 Å². The van der Waals surface area contributed by atoms with Gasteiger partial charge in [-0.05, 0) is 30.7 Å². The highest BCUT2D eigenvalue weighted by atomic mass is 16.2. The van der Waals surface area contributed by atoms with Crippen LogP contribution < -0.4 is 11.2 Å². The van der Waals surface area contributed by atoms with Gasteiger partial charge in [0.2, 0.25) is 5.91 Å². The Hall–Kier alpha value is -2.41. The van der Waals surface area contributed by atoms with Crippen LogP contribution in [0.4, 0.5) is 0 Å². The minimum atomic E-state index is 0.000805. The number of piperazine rings is 1. The van der Waals surface area contributed by atoms with Crippen LogP contribution in [0.5, 0.6) is 0 Å². The first-order valence-electron chi connectivity index (χ1n) is 8.31. The number of nitrogens with zero attached hydrogens (tertiary/aromatic N) is 3. The Bertz CT molecular complexity index is 614. The number of rotatable bonds is 3. The minimum absolute atomic E-state index is 0.000805. The molecule has 0 aromatic heterocycles. The van der Waals surface area contributed by atoms with E-state index in [4.69, 9.17) is 5.84 Å². The molecular formula is C17H23N5O2. The van der Waals surface area contributed by atoms with Crippen LogP contribution in [-0.2, 0) is 4.79 Å². The molecule has 0 saturated carbocycles. The summed E-state index contributed by atoms with van der Waals surface area (Å²) in [5, 5.41) is 6.69. The fourth-order valence-electron chi connectivity index (χ4n) is 3.23. The highest BCUT2D eigenvalue weighted by Crippen LogP contribution is 2.15. The third kappa shape index (κ3) is 3.56. The standard InChI is InChI=1S/C17H23N5O2/c18-20-11-13-1-3-14(4-2-13)16(23)21-7-9-22(10-8-21)17(24)15-5-6-19-12-15/h1-4,11,15,19H,5-10,12,18H2/b20-11+. The molecular weight excluding hydrogens is 306 g/mol. The van der Waals surface area contributed by atoms with Crippen molar-refractivity contribution in [3.8, 4) is 0 Å². The summed E-state index contributed by atoms with van der Waals surface area (Å²) < 4.78 is 0. The molecule has 2 heterocycles. The first kappa shape index (κ1) is 16.4. The van der Waals surface area contributed by atoms with E-state index >= 15 is 0 Å². The molecule has 3 N–H and O–H groups in total. The second kappa shape index (κ2) is 7.44. The molecule has 2 aliphatic rings. The molecule has 1 atom stereocenters. The van der Waals surface area contributed by atoms with Crippen molar-refractivity contribution < 1.29 is 9.59 Å².